The normalized spacial score (nSPS) is 18.8. The number of hydrogen-bond donors (Lipinski definition) is 3. The molecule has 3 aliphatic heterocycles. The molecule has 0 spiro atoms. The number of rotatable bonds is 3. The molecule has 14 nitrogen and oxygen atoms in total. The van der Waals surface area contributed by atoms with E-state index in [1.54, 1.807) is 95.0 Å². The first kappa shape index (κ1) is 38.6. The topological polar surface area (TPSA) is 169 Å². The van der Waals surface area contributed by atoms with Crippen molar-refractivity contribution < 1.29 is 29.5 Å². The fraction of sp³-hybridized carbons (Fsp3) is 0.385. The highest BCUT2D eigenvalue weighted by atomic mass is 16.5. The molecule has 3 heterocycles. The van der Waals surface area contributed by atoms with Gasteiger partial charge >= 0.3 is 0 Å². The van der Waals surface area contributed by atoms with Gasteiger partial charge in [-0.2, -0.15) is 0 Å². The molecule has 6 rings (SSSR count). The minimum absolute atomic E-state index is 0.0782. The first-order chi connectivity index (χ1) is 25.9. The average Bonchev–Trinajstić information content (AvgIpc) is 3.16. The molecule has 0 aromatic heterocycles. The SMILES string of the molecule is COc1cc2c(O)c(c1)C=NCCN1CCN=Cc3cc(OC)cc(c3O)C=NCCN(CCN=C2)CCN=Cc2cc(OC)cc(c2O)C=NCC1. The van der Waals surface area contributed by atoms with Gasteiger partial charge in [-0.05, 0) is 36.4 Å². The van der Waals surface area contributed by atoms with Gasteiger partial charge in [-0.3, -0.25) is 39.8 Å². The fourth-order valence-electron chi connectivity index (χ4n) is 5.74. The molecular weight excluding hydrogens is 676 g/mol. The smallest absolute Gasteiger partial charge is 0.133 e. The van der Waals surface area contributed by atoms with Crippen molar-refractivity contribution >= 4 is 37.3 Å². The molecule has 3 aromatic rings. The van der Waals surface area contributed by atoms with Crippen molar-refractivity contribution in [3.05, 3.63) is 69.8 Å². The lowest BCUT2D eigenvalue weighted by Gasteiger charge is -2.20. The van der Waals surface area contributed by atoms with E-state index in [4.69, 9.17) is 14.2 Å². The minimum atomic E-state index is 0.0782. The monoisotopic (exact) mass is 724 g/mol. The predicted octanol–water partition coefficient (Wildman–Crippen LogP) is 3.37. The maximum atomic E-state index is 11.1. The Kier molecular flexibility index (Phi) is 14.5. The molecule has 0 fully saturated rings. The molecule has 14 heteroatoms. The van der Waals surface area contributed by atoms with Crippen molar-refractivity contribution in [2.75, 3.05) is 99.9 Å². The van der Waals surface area contributed by atoms with E-state index >= 15 is 0 Å². The number of aliphatic imine (C=N–C) groups is 6. The van der Waals surface area contributed by atoms with Crippen LogP contribution in [0.25, 0.3) is 0 Å². The average molecular weight is 725 g/mol. The van der Waals surface area contributed by atoms with Gasteiger partial charge in [-0.15, -0.1) is 0 Å². The van der Waals surface area contributed by atoms with Crippen LogP contribution in [0.15, 0.2) is 66.4 Å². The van der Waals surface area contributed by atoms with Gasteiger partial charge in [0.05, 0.1) is 60.6 Å². The molecule has 3 N–H and O–H groups in total. The van der Waals surface area contributed by atoms with E-state index < -0.39 is 0 Å². The van der Waals surface area contributed by atoms with E-state index in [0.29, 0.717) is 129 Å². The highest BCUT2D eigenvalue weighted by molar-refractivity contribution is 5.94. The summed E-state index contributed by atoms with van der Waals surface area (Å²) in [4.78, 5) is 32.2. The number of phenols is 3. The van der Waals surface area contributed by atoms with Crippen LogP contribution in [0, 0.1) is 0 Å². The summed E-state index contributed by atoms with van der Waals surface area (Å²) in [7, 11) is 4.75. The molecular formula is C39H48N8O6. The summed E-state index contributed by atoms with van der Waals surface area (Å²) in [5, 5.41) is 33.3. The molecule has 0 aliphatic carbocycles. The number of methoxy groups -OCH3 is 3. The Hall–Kier alpha value is -5.60. The molecule has 0 radical (unpaired) electrons. The Labute approximate surface area is 310 Å². The quantitative estimate of drug-likeness (QED) is 0.370. The summed E-state index contributed by atoms with van der Waals surface area (Å²) >= 11 is 0. The van der Waals surface area contributed by atoms with E-state index in [9.17, 15) is 15.3 Å². The van der Waals surface area contributed by atoms with Gasteiger partial charge in [0.25, 0.3) is 0 Å². The molecule has 3 aliphatic rings. The van der Waals surface area contributed by atoms with Crippen LogP contribution in [0.1, 0.15) is 33.4 Å². The maximum Gasteiger partial charge on any atom is 0.133 e. The fourth-order valence-corrected chi connectivity index (χ4v) is 5.74. The van der Waals surface area contributed by atoms with Crippen LogP contribution in [-0.4, -0.2) is 162 Å². The van der Waals surface area contributed by atoms with Crippen LogP contribution < -0.4 is 14.2 Å². The van der Waals surface area contributed by atoms with Gasteiger partial charge in [-0.25, -0.2) is 0 Å². The number of nitrogens with zero attached hydrogens (tertiary/aromatic N) is 8. The van der Waals surface area contributed by atoms with Crippen LogP contribution in [0.4, 0.5) is 0 Å². The van der Waals surface area contributed by atoms with E-state index in [1.807, 2.05) is 0 Å². The van der Waals surface area contributed by atoms with Crippen molar-refractivity contribution in [2.45, 2.75) is 0 Å². The van der Waals surface area contributed by atoms with Crippen LogP contribution >= 0.6 is 0 Å². The van der Waals surface area contributed by atoms with Gasteiger partial charge in [-0.1, -0.05) is 0 Å². The summed E-state index contributed by atoms with van der Waals surface area (Å²) in [5.74, 6) is 2.00. The highest BCUT2D eigenvalue weighted by Crippen LogP contribution is 2.28. The molecule has 280 valence electrons. The lowest BCUT2D eigenvalue weighted by molar-refractivity contribution is 0.298. The first-order valence-electron chi connectivity index (χ1n) is 17.5. The summed E-state index contributed by atoms with van der Waals surface area (Å²) in [5.41, 5.74) is 3.18. The van der Waals surface area contributed by atoms with Crippen molar-refractivity contribution in [2.24, 2.45) is 30.0 Å². The van der Waals surface area contributed by atoms with E-state index in [1.165, 1.54) is 0 Å². The maximum absolute atomic E-state index is 11.1. The molecule has 0 amide bonds. The summed E-state index contributed by atoms with van der Waals surface area (Å²) in [6.45, 7) is 6.22. The molecule has 0 saturated carbocycles. The van der Waals surface area contributed by atoms with Gasteiger partial charge < -0.3 is 29.5 Å². The summed E-state index contributed by atoms with van der Waals surface area (Å²) in [6.07, 6.45) is 9.89. The van der Waals surface area contributed by atoms with Crippen molar-refractivity contribution in [3.63, 3.8) is 0 Å². The Morgan fingerprint density at radius 1 is 0.377 bits per heavy atom. The van der Waals surface area contributed by atoms with Crippen molar-refractivity contribution in [1.29, 1.82) is 0 Å². The number of hydrogen-bond acceptors (Lipinski definition) is 14. The Bertz CT molecular complexity index is 1540. The van der Waals surface area contributed by atoms with E-state index in [-0.39, 0.29) is 17.2 Å². The number of phenolic OH excluding ortho intramolecular Hbond substituents is 3. The van der Waals surface area contributed by atoms with Gasteiger partial charge in [0.15, 0.2) is 0 Å². The van der Waals surface area contributed by atoms with Gasteiger partial charge in [0.1, 0.15) is 34.5 Å². The molecule has 3 aromatic carbocycles. The third-order valence-electron chi connectivity index (χ3n) is 8.79. The zero-order valence-corrected chi connectivity index (χ0v) is 30.6. The molecule has 8 bridgehead atoms. The van der Waals surface area contributed by atoms with E-state index in [0.717, 1.165) is 0 Å². The number of ether oxygens (including phenoxy) is 3. The van der Waals surface area contributed by atoms with Crippen LogP contribution in [0.2, 0.25) is 0 Å². The third-order valence-corrected chi connectivity index (χ3v) is 8.79. The zero-order chi connectivity index (χ0) is 37.4. The summed E-state index contributed by atoms with van der Waals surface area (Å²) < 4.78 is 16.5. The van der Waals surface area contributed by atoms with Crippen molar-refractivity contribution in [1.82, 2.24) is 9.80 Å². The Balaban J connectivity index is 1.53. The number of benzene rings is 3. The Morgan fingerprint density at radius 3 is 0.736 bits per heavy atom. The molecule has 0 unspecified atom stereocenters. The molecule has 53 heavy (non-hydrogen) atoms. The molecule has 0 atom stereocenters. The van der Waals surface area contributed by atoms with Crippen molar-refractivity contribution in [3.8, 4) is 34.5 Å². The largest absolute Gasteiger partial charge is 0.507 e. The second-order valence-corrected chi connectivity index (χ2v) is 12.4. The number of fused-ring (bicyclic) bond motifs is 12. The second kappa shape index (κ2) is 19.9. The molecule has 0 saturated heterocycles. The second-order valence-electron chi connectivity index (χ2n) is 12.4. The van der Waals surface area contributed by atoms with Crippen LogP contribution in [0.3, 0.4) is 0 Å². The predicted molar refractivity (Wildman–Crippen MR) is 212 cm³/mol. The van der Waals surface area contributed by atoms with Gasteiger partial charge in [0.2, 0.25) is 0 Å². The highest BCUT2D eigenvalue weighted by Gasteiger charge is 2.12. The Morgan fingerprint density at radius 2 is 0.566 bits per heavy atom. The van der Waals surface area contributed by atoms with Crippen LogP contribution in [0.5, 0.6) is 34.5 Å². The van der Waals surface area contributed by atoms with Crippen LogP contribution in [-0.2, 0) is 0 Å². The third kappa shape index (κ3) is 11.2. The lowest BCUT2D eigenvalue weighted by atomic mass is 10.1. The van der Waals surface area contributed by atoms with E-state index in [2.05, 4.69) is 39.8 Å². The standard InChI is InChI=1S/C39H48N8O6/c1-51-34-16-28-22-40-4-10-46-12-6-42-24-30-18-35(52-2)19-31(38(30)49)25-43-7-13-47(11-5-41-23-29(17-34)37(28)48)15-9-45-27-33-21-36(53-3)20-32(39(33)50)26-44-8-14-46/h16-27,48-50H,4-15H2,1-3H3. The zero-order valence-electron chi connectivity index (χ0n) is 30.6. The first-order valence-corrected chi connectivity index (χ1v) is 17.5. The lowest BCUT2D eigenvalue weighted by Crippen LogP contribution is -2.31. The van der Waals surface area contributed by atoms with Gasteiger partial charge in [0, 0.05) is 110 Å². The minimum Gasteiger partial charge on any atom is -0.507 e. The summed E-state index contributed by atoms with van der Waals surface area (Å²) in [6, 6.07) is 10.5. The number of aromatic hydroxyl groups is 3.